The van der Waals surface area contributed by atoms with Crippen LogP contribution in [-0.4, -0.2) is 15.6 Å². The quantitative estimate of drug-likeness (QED) is 0.689. The van der Waals surface area contributed by atoms with Gasteiger partial charge in [-0.2, -0.15) is 5.10 Å². The maximum absolute atomic E-state index is 12.1. The number of hydrogen-bond donors (Lipinski definition) is 0. The van der Waals surface area contributed by atoms with E-state index in [0.717, 1.165) is 16.6 Å². The summed E-state index contributed by atoms with van der Waals surface area (Å²) in [6, 6.07) is 10.9. The highest BCUT2D eigenvalue weighted by Gasteiger charge is 2.16. The minimum absolute atomic E-state index is 0.129. The van der Waals surface area contributed by atoms with Gasteiger partial charge in [0.2, 0.25) is 5.78 Å². The lowest BCUT2D eigenvalue weighted by atomic mass is 10.1. The fourth-order valence-electron chi connectivity index (χ4n) is 2.12. The van der Waals surface area contributed by atoms with Crippen molar-refractivity contribution in [1.29, 1.82) is 0 Å². The second-order valence-electron chi connectivity index (χ2n) is 4.29. The number of carbonyl (C=O) groups is 1. The highest BCUT2D eigenvalue weighted by atomic mass is 35.5. The van der Waals surface area contributed by atoms with Crippen LogP contribution in [0.3, 0.4) is 0 Å². The lowest BCUT2D eigenvalue weighted by Gasteiger charge is -1.95. The summed E-state index contributed by atoms with van der Waals surface area (Å²) in [6.07, 6.45) is 0.200. The lowest BCUT2D eigenvalue weighted by molar-refractivity contribution is 0.0965. The molecule has 0 radical (unpaired) electrons. The molecule has 3 rings (SSSR count). The zero-order valence-corrected chi connectivity index (χ0v) is 11.0. The number of para-hydroxylation sites is 1. The zero-order chi connectivity index (χ0) is 13.4. The van der Waals surface area contributed by atoms with E-state index < -0.39 is 0 Å². The highest BCUT2D eigenvalue weighted by Crippen LogP contribution is 2.20. The summed E-state index contributed by atoms with van der Waals surface area (Å²) in [4.78, 5) is 12.1. The summed E-state index contributed by atoms with van der Waals surface area (Å²) in [7, 11) is 1.86. The Hall–Kier alpha value is -2.07. The number of nitrogens with zero attached hydrogens (tertiary/aromatic N) is 2. The standard InChI is InChI=1S/C14H11ClN2O2/c1-17-11-5-3-2-4-9(11)10(16-17)8-12(18)13-6-7-14(15)19-13/h2-7H,8H2,1H3. The van der Waals surface area contributed by atoms with Crippen molar-refractivity contribution in [2.75, 3.05) is 0 Å². The molecule has 0 aliphatic heterocycles. The molecule has 19 heavy (non-hydrogen) atoms. The number of carbonyl (C=O) groups excluding carboxylic acids is 1. The van der Waals surface area contributed by atoms with Crippen LogP contribution < -0.4 is 0 Å². The number of Topliss-reactive ketones (excluding diaryl/α,β-unsaturated/α-hetero) is 1. The van der Waals surface area contributed by atoms with Gasteiger partial charge >= 0.3 is 0 Å². The number of benzene rings is 1. The Morgan fingerprint density at radius 3 is 2.84 bits per heavy atom. The van der Waals surface area contributed by atoms with Gasteiger partial charge in [-0.1, -0.05) is 18.2 Å². The van der Waals surface area contributed by atoms with Gasteiger partial charge in [-0.25, -0.2) is 0 Å². The highest BCUT2D eigenvalue weighted by molar-refractivity contribution is 6.29. The molecule has 0 aliphatic carbocycles. The first-order chi connectivity index (χ1) is 9.15. The van der Waals surface area contributed by atoms with E-state index in [-0.39, 0.29) is 23.2 Å². The lowest BCUT2D eigenvalue weighted by Crippen LogP contribution is -2.03. The Morgan fingerprint density at radius 2 is 2.11 bits per heavy atom. The molecule has 0 fully saturated rings. The van der Waals surface area contributed by atoms with E-state index in [0.29, 0.717) is 0 Å². The van der Waals surface area contributed by atoms with E-state index in [1.165, 1.54) is 0 Å². The van der Waals surface area contributed by atoms with Crippen LogP contribution in [0.4, 0.5) is 0 Å². The molecule has 0 unspecified atom stereocenters. The van der Waals surface area contributed by atoms with Gasteiger partial charge < -0.3 is 4.42 Å². The molecule has 0 spiro atoms. The van der Waals surface area contributed by atoms with Crippen molar-refractivity contribution < 1.29 is 9.21 Å². The van der Waals surface area contributed by atoms with Crippen LogP contribution in [0.15, 0.2) is 40.8 Å². The van der Waals surface area contributed by atoms with Crippen LogP contribution in [-0.2, 0) is 13.5 Å². The Labute approximate surface area is 114 Å². The molecule has 96 valence electrons. The van der Waals surface area contributed by atoms with Crippen molar-refractivity contribution in [2.24, 2.45) is 7.05 Å². The predicted molar refractivity (Wildman–Crippen MR) is 72.5 cm³/mol. The van der Waals surface area contributed by atoms with Gasteiger partial charge in [0, 0.05) is 12.4 Å². The van der Waals surface area contributed by atoms with Gasteiger partial charge in [-0.15, -0.1) is 0 Å². The average molecular weight is 275 g/mol. The molecule has 0 N–H and O–H groups in total. The number of aryl methyl sites for hydroxylation is 1. The summed E-state index contributed by atoms with van der Waals surface area (Å²) in [5.41, 5.74) is 1.75. The third kappa shape index (κ3) is 2.15. The van der Waals surface area contributed by atoms with E-state index in [2.05, 4.69) is 5.10 Å². The third-order valence-corrected chi connectivity index (χ3v) is 3.21. The Bertz CT molecular complexity index is 758. The van der Waals surface area contributed by atoms with Crippen molar-refractivity contribution in [3.05, 3.63) is 53.1 Å². The monoisotopic (exact) mass is 274 g/mol. The molecule has 0 amide bonds. The SMILES string of the molecule is Cn1nc(CC(=O)c2ccc(Cl)o2)c2ccccc21. The Morgan fingerprint density at radius 1 is 1.32 bits per heavy atom. The van der Waals surface area contributed by atoms with Gasteiger partial charge in [0.15, 0.2) is 11.0 Å². The topological polar surface area (TPSA) is 48.0 Å². The first-order valence-electron chi connectivity index (χ1n) is 5.84. The van der Waals surface area contributed by atoms with Crippen LogP contribution in [0.1, 0.15) is 16.2 Å². The number of hydrogen-bond acceptors (Lipinski definition) is 3. The van der Waals surface area contributed by atoms with E-state index in [1.807, 2.05) is 31.3 Å². The molecule has 0 atom stereocenters. The molecule has 0 aliphatic rings. The van der Waals surface area contributed by atoms with Crippen molar-refractivity contribution >= 4 is 28.3 Å². The average Bonchev–Trinajstić information content (AvgIpc) is 2.96. The minimum Gasteiger partial charge on any atom is -0.442 e. The summed E-state index contributed by atoms with van der Waals surface area (Å²) in [5.74, 6) is 0.135. The van der Waals surface area contributed by atoms with Gasteiger partial charge in [0.25, 0.3) is 0 Å². The molecule has 2 heterocycles. The van der Waals surface area contributed by atoms with Crippen LogP contribution >= 0.6 is 11.6 Å². The molecule has 5 heteroatoms. The molecule has 4 nitrogen and oxygen atoms in total. The van der Waals surface area contributed by atoms with Crippen molar-refractivity contribution in [2.45, 2.75) is 6.42 Å². The number of fused-ring (bicyclic) bond motifs is 1. The summed E-state index contributed by atoms with van der Waals surface area (Å²) >= 11 is 5.67. The molecule has 1 aromatic carbocycles. The van der Waals surface area contributed by atoms with Crippen molar-refractivity contribution in [3.63, 3.8) is 0 Å². The van der Waals surface area contributed by atoms with E-state index in [4.69, 9.17) is 16.0 Å². The molecule has 2 aromatic heterocycles. The smallest absolute Gasteiger partial charge is 0.204 e. The predicted octanol–water partition coefficient (Wildman–Crippen LogP) is 3.25. The molecule has 3 aromatic rings. The molecule has 0 bridgehead atoms. The maximum atomic E-state index is 12.1. The van der Waals surface area contributed by atoms with E-state index in [1.54, 1.807) is 16.8 Å². The Balaban J connectivity index is 1.95. The summed E-state index contributed by atoms with van der Waals surface area (Å²) < 4.78 is 6.89. The number of ketones is 1. The molecular weight excluding hydrogens is 264 g/mol. The van der Waals surface area contributed by atoms with Gasteiger partial charge in [0.1, 0.15) is 0 Å². The minimum atomic E-state index is -0.129. The van der Waals surface area contributed by atoms with E-state index in [9.17, 15) is 4.79 Å². The Kier molecular flexibility index (Phi) is 2.87. The first kappa shape index (κ1) is 12.0. The van der Waals surface area contributed by atoms with Crippen LogP contribution in [0.5, 0.6) is 0 Å². The zero-order valence-electron chi connectivity index (χ0n) is 10.3. The molecule has 0 saturated heterocycles. The number of halogens is 1. The molecular formula is C14H11ClN2O2. The normalized spacial score (nSPS) is 11.1. The second kappa shape index (κ2) is 4.55. The van der Waals surface area contributed by atoms with Crippen molar-refractivity contribution in [1.82, 2.24) is 9.78 Å². The van der Waals surface area contributed by atoms with Crippen LogP contribution in [0.25, 0.3) is 10.9 Å². The van der Waals surface area contributed by atoms with Gasteiger partial charge in [0.05, 0.1) is 17.6 Å². The fourth-order valence-corrected chi connectivity index (χ4v) is 2.27. The third-order valence-electron chi connectivity index (χ3n) is 3.01. The van der Waals surface area contributed by atoms with Gasteiger partial charge in [-0.3, -0.25) is 9.48 Å². The summed E-state index contributed by atoms with van der Waals surface area (Å²) in [5, 5.41) is 5.58. The van der Waals surface area contributed by atoms with Crippen molar-refractivity contribution in [3.8, 4) is 0 Å². The number of rotatable bonds is 3. The largest absolute Gasteiger partial charge is 0.442 e. The summed E-state index contributed by atoms with van der Waals surface area (Å²) in [6.45, 7) is 0. The maximum Gasteiger partial charge on any atom is 0.204 e. The van der Waals surface area contributed by atoms with Crippen LogP contribution in [0, 0.1) is 0 Å². The van der Waals surface area contributed by atoms with Crippen LogP contribution in [0.2, 0.25) is 5.22 Å². The number of furan rings is 1. The number of aromatic nitrogens is 2. The first-order valence-corrected chi connectivity index (χ1v) is 6.22. The van der Waals surface area contributed by atoms with Gasteiger partial charge in [-0.05, 0) is 29.8 Å². The molecule has 0 saturated carbocycles. The fraction of sp³-hybridized carbons (Fsp3) is 0.143. The van der Waals surface area contributed by atoms with E-state index >= 15 is 0 Å². The second-order valence-corrected chi connectivity index (χ2v) is 4.66.